The van der Waals surface area contributed by atoms with Crippen molar-refractivity contribution < 1.29 is 38.4 Å². The van der Waals surface area contributed by atoms with Crippen LogP contribution in [0.4, 0.5) is 0 Å². The van der Waals surface area contributed by atoms with E-state index in [1.165, 1.54) is 0 Å². The SMILES string of the molecule is CC1NC(=O)CC(=O)NCCN(C)CCNC(=O)CC(=O)NCCN2CCNC(=O)CC(=O)NCCN(C)CCNC(=O)CC(=O)NCCN(CC2C)C1C. The fraction of sp³-hybridized carbons (Fsp3) is 0.771. The maximum atomic E-state index is 12.9. The molecule has 0 aromatic carbocycles. The van der Waals surface area contributed by atoms with Crippen molar-refractivity contribution >= 4 is 47.3 Å². The lowest BCUT2D eigenvalue weighted by Crippen LogP contribution is -2.55. The van der Waals surface area contributed by atoms with Gasteiger partial charge in [0.25, 0.3) is 0 Å². The first-order chi connectivity index (χ1) is 26.1. The molecule has 8 amide bonds. The predicted octanol–water partition coefficient (Wildman–Crippen LogP) is -4.86. The van der Waals surface area contributed by atoms with E-state index in [-0.39, 0.29) is 57.4 Å². The Hall–Kier alpha value is -4.40. The number of hydrogen-bond donors (Lipinski definition) is 8. The Kier molecular flexibility index (Phi) is 21.8. The molecule has 2 fully saturated rings. The van der Waals surface area contributed by atoms with Crippen molar-refractivity contribution in [2.24, 2.45) is 0 Å². The van der Waals surface area contributed by atoms with Gasteiger partial charge in [-0.3, -0.25) is 48.2 Å². The summed E-state index contributed by atoms with van der Waals surface area (Å²) in [6.07, 6.45) is -1.40. The maximum absolute atomic E-state index is 12.9. The van der Waals surface area contributed by atoms with Crippen molar-refractivity contribution in [3.63, 3.8) is 0 Å². The van der Waals surface area contributed by atoms with E-state index >= 15 is 0 Å². The summed E-state index contributed by atoms with van der Waals surface area (Å²) in [4.78, 5) is 109. The minimum Gasteiger partial charge on any atom is -0.354 e. The normalized spacial score (nSPS) is 28.2. The molecule has 2 saturated heterocycles. The van der Waals surface area contributed by atoms with Crippen molar-refractivity contribution in [1.82, 2.24) is 62.1 Å². The zero-order chi connectivity index (χ0) is 40.8. The van der Waals surface area contributed by atoms with Gasteiger partial charge >= 0.3 is 0 Å². The standard InChI is InChI=1S/C35H64N12O8/c1-25-24-47-19-12-42-33(53)22-30(50)38-7-14-44(4)13-6-36-28(48)20-31(51)40-10-17-46(25)18-11-41-32(52)21-29(49)37-8-15-45(5)16-9-39-34(54)23-35(55)43-26(2)27(47)3/h25-27H,6-24H2,1-5H3,(H,36,48)(H,37,49)(H,38,50)(H,39,54)(H,40,51)(H,41,52)(H,42,53)(H,43,55). The molecule has 0 aromatic rings. The van der Waals surface area contributed by atoms with Crippen LogP contribution in [0.1, 0.15) is 46.5 Å². The number of nitrogens with one attached hydrogen (secondary N) is 8. The molecule has 8 N–H and O–H groups in total. The van der Waals surface area contributed by atoms with Gasteiger partial charge in [0.05, 0.1) is 0 Å². The summed E-state index contributed by atoms with van der Waals surface area (Å²) < 4.78 is 0. The second kappa shape index (κ2) is 25.6. The molecule has 20 nitrogen and oxygen atoms in total. The Labute approximate surface area is 324 Å². The fourth-order valence-electron chi connectivity index (χ4n) is 6.02. The molecule has 2 bridgehead atoms. The van der Waals surface area contributed by atoms with Crippen LogP contribution in [-0.4, -0.2) is 197 Å². The van der Waals surface area contributed by atoms with Crippen molar-refractivity contribution in [1.29, 1.82) is 0 Å². The van der Waals surface area contributed by atoms with E-state index in [1.807, 2.05) is 49.6 Å². The molecule has 0 aromatic heterocycles. The van der Waals surface area contributed by atoms with Crippen LogP contribution in [0.25, 0.3) is 0 Å². The molecule has 2 aliphatic rings. The third kappa shape index (κ3) is 20.7. The predicted molar refractivity (Wildman–Crippen MR) is 204 cm³/mol. The first-order valence-corrected chi connectivity index (χ1v) is 19.1. The van der Waals surface area contributed by atoms with E-state index in [0.29, 0.717) is 78.5 Å². The third-order valence-corrected chi connectivity index (χ3v) is 9.52. The molecular formula is C35H64N12O8. The number of likely N-dealkylation sites (N-methyl/N-ethyl adjacent to an activating group) is 2. The smallest absolute Gasteiger partial charge is 0.229 e. The van der Waals surface area contributed by atoms with E-state index in [1.54, 1.807) is 0 Å². The second-order valence-corrected chi connectivity index (χ2v) is 14.2. The molecule has 20 heteroatoms. The van der Waals surface area contributed by atoms with E-state index in [4.69, 9.17) is 0 Å². The van der Waals surface area contributed by atoms with E-state index in [2.05, 4.69) is 47.4 Å². The Morgan fingerprint density at radius 3 is 1.00 bits per heavy atom. The Balaban J connectivity index is 2.31. The van der Waals surface area contributed by atoms with Gasteiger partial charge in [0.1, 0.15) is 25.7 Å². The van der Waals surface area contributed by atoms with Crippen LogP contribution in [0.3, 0.4) is 0 Å². The van der Waals surface area contributed by atoms with Crippen molar-refractivity contribution in [2.75, 3.05) is 112 Å². The van der Waals surface area contributed by atoms with Crippen LogP contribution in [0, 0.1) is 0 Å². The highest BCUT2D eigenvalue weighted by Crippen LogP contribution is 2.10. The molecule has 55 heavy (non-hydrogen) atoms. The fourth-order valence-corrected chi connectivity index (χ4v) is 6.02. The molecule has 0 saturated carbocycles. The summed E-state index contributed by atoms with van der Waals surface area (Å²) in [5.41, 5.74) is 0. The number of carbonyl (C=O) groups is 8. The first kappa shape index (κ1) is 46.8. The van der Waals surface area contributed by atoms with Gasteiger partial charge in [-0.2, -0.15) is 0 Å². The van der Waals surface area contributed by atoms with Gasteiger partial charge in [-0.25, -0.2) is 0 Å². The van der Waals surface area contributed by atoms with Gasteiger partial charge in [0.2, 0.25) is 47.3 Å². The molecule has 5 atom stereocenters. The lowest BCUT2D eigenvalue weighted by atomic mass is 10.1. The van der Waals surface area contributed by atoms with Crippen LogP contribution in [0.15, 0.2) is 0 Å². The van der Waals surface area contributed by atoms with Crippen molar-refractivity contribution in [3.05, 3.63) is 0 Å². The average Bonchev–Trinajstić information content (AvgIpc) is 3.09. The quantitative estimate of drug-likeness (QED) is 0.108. The van der Waals surface area contributed by atoms with Crippen LogP contribution in [0.5, 0.6) is 0 Å². The number of amides is 8. The summed E-state index contributed by atoms with van der Waals surface area (Å²) in [7, 11) is 3.65. The van der Waals surface area contributed by atoms with Gasteiger partial charge in [0.15, 0.2) is 0 Å². The largest absolute Gasteiger partial charge is 0.354 e. The highest BCUT2D eigenvalue weighted by Gasteiger charge is 2.26. The number of fused-ring (bicyclic) bond motifs is 3. The van der Waals surface area contributed by atoms with E-state index in [9.17, 15) is 38.4 Å². The Morgan fingerprint density at radius 1 is 0.400 bits per heavy atom. The molecule has 0 spiro atoms. The minimum absolute atomic E-state index is 0.199. The van der Waals surface area contributed by atoms with E-state index in [0.717, 1.165) is 0 Å². The molecular weight excluding hydrogens is 716 g/mol. The lowest BCUT2D eigenvalue weighted by Gasteiger charge is -2.38. The van der Waals surface area contributed by atoms with Crippen LogP contribution < -0.4 is 42.5 Å². The van der Waals surface area contributed by atoms with Gasteiger partial charge in [0, 0.05) is 116 Å². The number of carbonyl (C=O) groups excluding carboxylic acids is 8. The summed E-state index contributed by atoms with van der Waals surface area (Å²) in [6.45, 7) is 11.0. The summed E-state index contributed by atoms with van der Waals surface area (Å²) in [6, 6.07) is -0.893. The second-order valence-electron chi connectivity index (χ2n) is 14.2. The van der Waals surface area contributed by atoms with Crippen LogP contribution in [0.2, 0.25) is 0 Å². The molecule has 312 valence electrons. The highest BCUT2D eigenvalue weighted by molar-refractivity contribution is 5.98. The molecule has 2 aliphatic heterocycles. The highest BCUT2D eigenvalue weighted by atomic mass is 16.2. The number of hydrogen-bond acceptors (Lipinski definition) is 12. The monoisotopic (exact) mass is 780 g/mol. The molecule has 5 unspecified atom stereocenters. The number of rotatable bonds is 0. The van der Waals surface area contributed by atoms with Crippen LogP contribution >= 0.6 is 0 Å². The van der Waals surface area contributed by atoms with Crippen LogP contribution in [-0.2, 0) is 38.4 Å². The zero-order valence-corrected chi connectivity index (χ0v) is 33.2. The van der Waals surface area contributed by atoms with Gasteiger partial charge in [-0.05, 0) is 34.9 Å². The van der Waals surface area contributed by atoms with Crippen molar-refractivity contribution in [2.45, 2.75) is 64.6 Å². The van der Waals surface area contributed by atoms with Gasteiger partial charge in [-0.1, -0.05) is 0 Å². The number of nitrogens with zero attached hydrogens (tertiary/aromatic N) is 4. The summed E-state index contributed by atoms with van der Waals surface area (Å²) in [5, 5.41) is 22.3. The molecule has 0 radical (unpaired) electrons. The Bertz CT molecular complexity index is 1280. The Morgan fingerprint density at radius 2 is 0.673 bits per heavy atom. The molecule has 2 rings (SSSR count). The van der Waals surface area contributed by atoms with Gasteiger partial charge in [-0.15, -0.1) is 0 Å². The van der Waals surface area contributed by atoms with Gasteiger partial charge < -0.3 is 52.3 Å². The topological polar surface area (TPSA) is 246 Å². The van der Waals surface area contributed by atoms with E-state index < -0.39 is 53.3 Å². The average molecular weight is 781 g/mol. The molecule has 2 heterocycles. The maximum Gasteiger partial charge on any atom is 0.229 e. The first-order valence-electron chi connectivity index (χ1n) is 19.1. The third-order valence-electron chi connectivity index (χ3n) is 9.52. The summed E-state index contributed by atoms with van der Waals surface area (Å²) >= 11 is 0. The minimum atomic E-state index is -0.443. The van der Waals surface area contributed by atoms with Crippen molar-refractivity contribution in [3.8, 4) is 0 Å². The summed E-state index contributed by atoms with van der Waals surface area (Å²) in [5.74, 6) is -3.46. The molecule has 0 aliphatic carbocycles. The lowest BCUT2D eigenvalue weighted by molar-refractivity contribution is -0.131. The zero-order valence-electron chi connectivity index (χ0n) is 33.2.